The van der Waals surface area contributed by atoms with Gasteiger partial charge in [0.1, 0.15) is 12.6 Å². The van der Waals surface area contributed by atoms with Crippen LogP contribution in [0, 0.1) is 13.8 Å². The topological polar surface area (TPSA) is 86.8 Å². The number of hydrogen-bond donors (Lipinski definition) is 1. The molecule has 0 bridgehead atoms. The van der Waals surface area contributed by atoms with E-state index in [-0.39, 0.29) is 25.0 Å². The quantitative estimate of drug-likeness (QED) is 0.522. The van der Waals surface area contributed by atoms with Crippen LogP contribution in [0.25, 0.3) is 0 Å². The number of rotatable bonds is 11. The van der Waals surface area contributed by atoms with Gasteiger partial charge in [-0.15, -0.1) is 0 Å². The normalized spacial score (nSPS) is 13.1. The number of nitrogens with one attached hydrogen (secondary N) is 1. The number of benzene rings is 2. The Hall–Kier alpha value is -2.87. The van der Waals surface area contributed by atoms with Crippen molar-refractivity contribution >= 4 is 27.5 Å². The molecule has 2 aromatic rings. The van der Waals surface area contributed by atoms with Gasteiger partial charge in [0.05, 0.1) is 11.9 Å². The molecule has 0 heterocycles. The number of carbonyl (C=O) groups is 2. The molecule has 7 nitrogen and oxygen atoms in total. The molecule has 186 valence electrons. The molecule has 0 saturated carbocycles. The molecule has 2 aromatic carbocycles. The summed E-state index contributed by atoms with van der Waals surface area (Å²) in [5, 5.41) is 2.98. The van der Waals surface area contributed by atoms with Gasteiger partial charge >= 0.3 is 0 Å². The van der Waals surface area contributed by atoms with E-state index in [4.69, 9.17) is 0 Å². The van der Waals surface area contributed by atoms with Crippen molar-refractivity contribution in [3.63, 3.8) is 0 Å². The maximum absolute atomic E-state index is 13.7. The molecule has 8 heteroatoms. The van der Waals surface area contributed by atoms with E-state index in [2.05, 4.69) is 5.32 Å². The van der Waals surface area contributed by atoms with Crippen molar-refractivity contribution in [3.8, 4) is 0 Å². The maximum Gasteiger partial charge on any atom is 0.244 e. The predicted octanol–water partition coefficient (Wildman–Crippen LogP) is 3.79. The van der Waals surface area contributed by atoms with E-state index in [9.17, 15) is 18.0 Å². The number of anilines is 1. The van der Waals surface area contributed by atoms with Gasteiger partial charge in [0.15, 0.2) is 0 Å². The summed E-state index contributed by atoms with van der Waals surface area (Å²) in [5.41, 5.74) is 3.10. The molecule has 0 fully saturated rings. The van der Waals surface area contributed by atoms with Gasteiger partial charge in [-0.25, -0.2) is 8.42 Å². The highest BCUT2D eigenvalue weighted by Crippen LogP contribution is 2.23. The molecule has 0 aliphatic heterocycles. The molecule has 0 saturated heterocycles. The molecule has 2 atom stereocenters. The third-order valence-electron chi connectivity index (χ3n) is 6.05. The molecular formula is C26H37N3O4S. The second-order valence-electron chi connectivity index (χ2n) is 8.75. The standard InChI is InChI=1S/C26H37N3O4S/c1-7-21(5)27-26(31)23(8-2)28(17-22-15-11-9-13-19(22)3)25(30)18-29(34(6,32)33)24-16-12-10-14-20(24)4/h9-16,21,23H,7-8,17-18H2,1-6H3,(H,27,31). The van der Waals surface area contributed by atoms with Crippen LogP contribution in [-0.2, 0) is 26.2 Å². The van der Waals surface area contributed by atoms with E-state index in [0.717, 1.165) is 33.7 Å². The lowest BCUT2D eigenvalue weighted by atomic mass is 10.1. The van der Waals surface area contributed by atoms with Crippen molar-refractivity contribution < 1.29 is 18.0 Å². The third kappa shape index (κ3) is 7.06. The smallest absolute Gasteiger partial charge is 0.244 e. The van der Waals surface area contributed by atoms with Gasteiger partial charge in [0, 0.05) is 12.6 Å². The van der Waals surface area contributed by atoms with E-state index in [0.29, 0.717) is 12.1 Å². The number of nitrogens with zero attached hydrogens (tertiary/aromatic N) is 2. The molecule has 2 unspecified atom stereocenters. The fourth-order valence-electron chi connectivity index (χ4n) is 3.77. The van der Waals surface area contributed by atoms with E-state index in [1.165, 1.54) is 4.90 Å². The highest BCUT2D eigenvalue weighted by atomic mass is 32.2. The van der Waals surface area contributed by atoms with Crippen LogP contribution in [0.2, 0.25) is 0 Å². The molecule has 2 amide bonds. The summed E-state index contributed by atoms with van der Waals surface area (Å²) in [5.74, 6) is -0.663. The molecule has 0 aliphatic rings. The number of carbonyl (C=O) groups excluding carboxylic acids is 2. The SMILES string of the molecule is CCC(C)NC(=O)C(CC)N(Cc1ccccc1C)C(=O)CN(c1ccccc1C)S(C)(=O)=O. The summed E-state index contributed by atoms with van der Waals surface area (Å²) >= 11 is 0. The van der Waals surface area contributed by atoms with E-state index in [1.54, 1.807) is 25.1 Å². The van der Waals surface area contributed by atoms with Gasteiger partial charge in [-0.2, -0.15) is 0 Å². The third-order valence-corrected chi connectivity index (χ3v) is 7.18. The lowest BCUT2D eigenvalue weighted by Crippen LogP contribution is -2.53. The van der Waals surface area contributed by atoms with Gasteiger partial charge in [-0.1, -0.05) is 56.3 Å². The lowest BCUT2D eigenvalue weighted by Gasteiger charge is -2.34. The molecule has 0 aliphatic carbocycles. The summed E-state index contributed by atoms with van der Waals surface area (Å²) in [4.78, 5) is 28.3. The molecule has 1 N–H and O–H groups in total. The van der Waals surface area contributed by atoms with E-state index in [1.807, 2.05) is 58.0 Å². The van der Waals surface area contributed by atoms with Gasteiger partial charge < -0.3 is 10.2 Å². The molecule has 0 aromatic heterocycles. The molecule has 2 rings (SSSR count). The maximum atomic E-state index is 13.7. The molecule has 0 spiro atoms. The van der Waals surface area contributed by atoms with Crippen LogP contribution in [0.4, 0.5) is 5.69 Å². The Morgan fingerprint density at radius 2 is 1.53 bits per heavy atom. The Labute approximate surface area is 204 Å². The lowest BCUT2D eigenvalue weighted by molar-refractivity contribution is -0.140. The van der Waals surface area contributed by atoms with Crippen LogP contribution in [0.5, 0.6) is 0 Å². The number of amides is 2. The summed E-state index contributed by atoms with van der Waals surface area (Å²) in [7, 11) is -3.74. The summed E-state index contributed by atoms with van der Waals surface area (Å²) in [6.07, 6.45) is 2.26. The Morgan fingerprint density at radius 1 is 0.941 bits per heavy atom. The Balaban J connectivity index is 2.47. The summed E-state index contributed by atoms with van der Waals surface area (Å²) in [6, 6.07) is 14.0. The first-order valence-electron chi connectivity index (χ1n) is 11.7. The zero-order valence-corrected chi connectivity index (χ0v) is 21.9. The van der Waals surface area contributed by atoms with Crippen LogP contribution in [0.3, 0.4) is 0 Å². The van der Waals surface area contributed by atoms with Crippen LogP contribution >= 0.6 is 0 Å². The minimum atomic E-state index is -3.74. The average Bonchev–Trinajstić information content (AvgIpc) is 2.78. The number of sulfonamides is 1. The van der Waals surface area contributed by atoms with Crippen LogP contribution < -0.4 is 9.62 Å². The zero-order chi connectivity index (χ0) is 25.5. The predicted molar refractivity (Wildman–Crippen MR) is 137 cm³/mol. The molecular weight excluding hydrogens is 450 g/mol. The minimum Gasteiger partial charge on any atom is -0.352 e. The van der Waals surface area contributed by atoms with Crippen molar-refractivity contribution in [2.75, 3.05) is 17.1 Å². The minimum absolute atomic E-state index is 0.0311. The first-order chi connectivity index (χ1) is 16.0. The van der Waals surface area contributed by atoms with Gasteiger partial charge in [-0.3, -0.25) is 13.9 Å². The van der Waals surface area contributed by atoms with Crippen molar-refractivity contribution in [3.05, 3.63) is 65.2 Å². The van der Waals surface area contributed by atoms with Crippen molar-refractivity contribution in [2.24, 2.45) is 0 Å². The highest BCUT2D eigenvalue weighted by molar-refractivity contribution is 7.92. The molecule has 0 radical (unpaired) electrons. The number of aryl methyl sites for hydroxylation is 2. The van der Waals surface area contributed by atoms with Gasteiger partial charge in [0.2, 0.25) is 21.8 Å². The van der Waals surface area contributed by atoms with Gasteiger partial charge in [-0.05, 0) is 56.4 Å². The average molecular weight is 488 g/mol. The second-order valence-corrected chi connectivity index (χ2v) is 10.7. The largest absolute Gasteiger partial charge is 0.352 e. The van der Waals surface area contributed by atoms with Crippen LogP contribution in [-0.4, -0.2) is 50.0 Å². The fraction of sp³-hybridized carbons (Fsp3) is 0.462. The second kappa shape index (κ2) is 12.0. The number of hydrogen-bond acceptors (Lipinski definition) is 4. The van der Waals surface area contributed by atoms with Crippen LogP contribution in [0.15, 0.2) is 48.5 Å². The zero-order valence-electron chi connectivity index (χ0n) is 21.0. The van der Waals surface area contributed by atoms with E-state index < -0.39 is 22.0 Å². The summed E-state index contributed by atoms with van der Waals surface area (Å²) in [6.45, 7) is 9.34. The highest BCUT2D eigenvalue weighted by Gasteiger charge is 2.32. The number of para-hydroxylation sites is 1. The first kappa shape index (κ1) is 27.4. The Kier molecular flexibility index (Phi) is 9.67. The van der Waals surface area contributed by atoms with Crippen molar-refractivity contribution in [1.82, 2.24) is 10.2 Å². The van der Waals surface area contributed by atoms with Crippen LogP contribution in [0.1, 0.15) is 50.3 Å². The Bertz CT molecular complexity index is 1100. The van der Waals surface area contributed by atoms with E-state index >= 15 is 0 Å². The van der Waals surface area contributed by atoms with Crippen molar-refractivity contribution in [2.45, 2.75) is 66.1 Å². The molecule has 34 heavy (non-hydrogen) atoms. The fourth-order valence-corrected chi connectivity index (χ4v) is 4.68. The Morgan fingerprint density at radius 3 is 2.06 bits per heavy atom. The van der Waals surface area contributed by atoms with Crippen molar-refractivity contribution in [1.29, 1.82) is 0 Å². The first-order valence-corrected chi connectivity index (χ1v) is 13.5. The monoisotopic (exact) mass is 487 g/mol. The van der Waals surface area contributed by atoms with Gasteiger partial charge in [0.25, 0.3) is 0 Å². The summed E-state index contributed by atoms with van der Waals surface area (Å²) < 4.78 is 26.5.